The third-order valence-corrected chi connectivity index (χ3v) is 7.92. The lowest BCUT2D eigenvalue weighted by Gasteiger charge is -2.42. The Morgan fingerprint density at radius 1 is 0.946 bits per heavy atom. The molecule has 0 unspecified atom stereocenters. The minimum atomic E-state index is -0.959. The molecule has 0 aromatic heterocycles. The van der Waals surface area contributed by atoms with E-state index in [1.807, 2.05) is 6.07 Å². The number of rotatable bonds is 6. The maximum Gasteiger partial charge on any atom is 0.307 e. The van der Waals surface area contributed by atoms with Crippen molar-refractivity contribution in [2.75, 3.05) is 27.3 Å². The molecule has 37 heavy (non-hydrogen) atoms. The highest BCUT2D eigenvalue weighted by Gasteiger charge is 2.44. The molecule has 194 valence electrons. The third-order valence-electron chi connectivity index (χ3n) is 7.92. The van der Waals surface area contributed by atoms with E-state index in [1.165, 1.54) is 12.0 Å². The van der Waals surface area contributed by atoms with Gasteiger partial charge in [0.15, 0.2) is 11.5 Å². The van der Waals surface area contributed by atoms with Crippen LogP contribution in [0.1, 0.15) is 63.6 Å². The molecule has 0 radical (unpaired) electrons. The van der Waals surface area contributed by atoms with E-state index in [0.717, 1.165) is 24.0 Å². The fourth-order valence-corrected chi connectivity index (χ4v) is 6.00. The van der Waals surface area contributed by atoms with Crippen molar-refractivity contribution in [1.82, 2.24) is 9.80 Å². The minimum absolute atomic E-state index is 0.0367. The van der Waals surface area contributed by atoms with Crippen molar-refractivity contribution < 1.29 is 33.8 Å². The van der Waals surface area contributed by atoms with E-state index in [0.29, 0.717) is 48.4 Å². The van der Waals surface area contributed by atoms with Crippen LogP contribution in [-0.2, 0) is 16.0 Å². The van der Waals surface area contributed by atoms with Crippen molar-refractivity contribution in [1.29, 1.82) is 0 Å². The molecule has 2 heterocycles. The van der Waals surface area contributed by atoms with Crippen LogP contribution >= 0.6 is 0 Å². The summed E-state index contributed by atoms with van der Waals surface area (Å²) in [6, 6.07) is 9.70. The predicted octanol–water partition coefficient (Wildman–Crippen LogP) is 3.32. The van der Waals surface area contributed by atoms with Crippen LogP contribution in [0.25, 0.3) is 0 Å². The first-order valence-electron chi connectivity index (χ1n) is 12.6. The average molecular weight is 507 g/mol. The van der Waals surface area contributed by atoms with Gasteiger partial charge in [-0.05, 0) is 54.7 Å². The second-order valence-corrected chi connectivity index (χ2v) is 9.81. The molecule has 2 aromatic rings. The number of hydrogen-bond acceptors (Lipinski definition) is 6. The van der Waals surface area contributed by atoms with Crippen molar-refractivity contribution >= 4 is 23.7 Å². The van der Waals surface area contributed by atoms with Gasteiger partial charge in [-0.1, -0.05) is 25.0 Å². The molecule has 2 aromatic carbocycles. The van der Waals surface area contributed by atoms with Crippen LogP contribution in [0, 0.1) is 11.8 Å². The van der Waals surface area contributed by atoms with Crippen molar-refractivity contribution in [3.05, 3.63) is 58.7 Å². The lowest BCUT2D eigenvalue weighted by molar-refractivity contribution is -0.153. The number of nitrogens with zero attached hydrogens (tertiary/aromatic N) is 2. The number of benzene rings is 2. The van der Waals surface area contributed by atoms with Crippen LogP contribution in [0.15, 0.2) is 36.4 Å². The number of fused-ring (bicyclic) bond motifs is 2. The molecule has 3 amide bonds. The van der Waals surface area contributed by atoms with Crippen molar-refractivity contribution in [3.63, 3.8) is 0 Å². The standard InChI is InChI=1S/C28H30N2O7/c1-36-23-13-16-11-12-29(25(31)19-9-5-6-10-20(19)28(34)35)22(21(16)14-24(23)37-2)15-30-26(32)17-7-3-4-8-18(17)27(30)33/h3-4,7-8,13-14,19-20,22H,5-6,9-12,15H2,1-2H3,(H,34,35)/t19-,20+,22-/m1/s1. The van der Waals surface area contributed by atoms with Crippen LogP contribution in [0.4, 0.5) is 0 Å². The van der Waals surface area contributed by atoms with Crippen LogP contribution in [-0.4, -0.2) is 65.9 Å². The van der Waals surface area contributed by atoms with Crippen LogP contribution in [0.5, 0.6) is 11.5 Å². The van der Waals surface area contributed by atoms with Gasteiger partial charge in [0.2, 0.25) is 5.91 Å². The Bertz CT molecular complexity index is 1240. The molecular weight excluding hydrogens is 476 g/mol. The zero-order chi connectivity index (χ0) is 26.3. The molecule has 9 nitrogen and oxygen atoms in total. The highest BCUT2D eigenvalue weighted by Crippen LogP contribution is 2.41. The number of aliphatic carboxylic acids is 1. The van der Waals surface area contributed by atoms with Crippen molar-refractivity contribution in [3.8, 4) is 11.5 Å². The molecule has 9 heteroatoms. The molecule has 5 rings (SSSR count). The van der Waals surface area contributed by atoms with Gasteiger partial charge in [0.25, 0.3) is 11.8 Å². The van der Waals surface area contributed by atoms with E-state index in [2.05, 4.69) is 0 Å². The number of ether oxygens (including phenoxy) is 2. The maximum absolute atomic E-state index is 13.9. The quantitative estimate of drug-likeness (QED) is 0.598. The molecule has 1 N–H and O–H groups in total. The lowest BCUT2D eigenvalue weighted by Crippen LogP contribution is -2.50. The van der Waals surface area contributed by atoms with Gasteiger partial charge in [-0.25, -0.2) is 0 Å². The lowest BCUT2D eigenvalue weighted by atomic mass is 9.77. The fourth-order valence-electron chi connectivity index (χ4n) is 6.00. The number of carbonyl (C=O) groups is 4. The highest BCUT2D eigenvalue weighted by molar-refractivity contribution is 6.21. The zero-order valence-electron chi connectivity index (χ0n) is 20.9. The summed E-state index contributed by atoms with van der Waals surface area (Å²) in [6.45, 7) is 0.309. The van der Waals surface area contributed by atoms with Gasteiger partial charge in [-0.2, -0.15) is 0 Å². The summed E-state index contributed by atoms with van der Waals surface area (Å²) < 4.78 is 11.0. The minimum Gasteiger partial charge on any atom is -0.493 e. The number of amides is 3. The summed E-state index contributed by atoms with van der Waals surface area (Å²) in [5, 5.41) is 9.81. The fraction of sp³-hybridized carbons (Fsp3) is 0.429. The molecule has 1 fully saturated rings. The molecule has 0 saturated heterocycles. The molecule has 2 aliphatic heterocycles. The normalized spacial score (nSPS) is 22.9. The predicted molar refractivity (Wildman–Crippen MR) is 133 cm³/mol. The maximum atomic E-state index is 13.9. The molecule has 1 aliphatic carbocycles. The molecule has 0 bridgehead atoms. The Morgan fingerprint density at radius 3 is 2.14 bits per heavy atom. The summed E-state index contributed by atoms with van der Waals surface area (Å²) >= 11 is 0. The van der Waals surface area contributed by atoms with E-state index in [1.54, 1.807) is 42.3 Å². The Balaban J connectivity index is 1.55. The summed E-state index contributed by atoms with van der Waals surface area (Å²) in [6.07, 6.45) is 3.07. The molecule has 3 atom stereocenters. The first kappa shape index (κ1) is 24.8. The Labute approximate surface area is 214 Å². The van der Waals surface area contributed by atoms with Gasteiger partial charge in [0.1, 0.15) is 0 Å². The van der Waals surface area contributed by atoms with Gasteiger partial charge in [-0.15, -0.1) is 0 Å². The number of carbonyl (C=O) groups excluding carboxylic acids is 3. The highest BCUT2D eigenvalue weighted by atomic mass is 16.5. The van der Waals surface area contributed by atoms with Gasteiger partial charge in [-0.3, -0.25) is 24.1 Å². The zero-order valence-corrected chi connectivity index (χ0v) is 20.9. The SMILES string of the molecule is COc1cc2c(cc1OC)[C@@H](CN1C(=O)c3ccccc3C1=O)N(C(=O)[C@@H]1CCCC[C@@H]1C(=O)O)CC2. The van der Waals surface area contributed by atoms with Crippen molar-refractivity contribution in [2.24, 2.45) is 11.8 Å². The number of carboxylic acids is 1. The van der Waals surface area contributed by atoms with Crippen LogP contribution < -0.4 is 9.47 Å². The van der Waals surface area contributed by atoms with E-state index in [-0.39, 0.29) is 12.5 Å². The Hall–Kier alpha value is -3.88. The second kappa shape index (κ2) is 9.88. The third kappa shape index (κ3) is 4.22. The smallest absolute Gasteiger partial charge is 0.307 e. The number of imide groups is 1. The summed E-state index contributed by atoms with van der Waals surface area (Å²) in [5.41, 5.74) is 2.37. The number of methoxy groups -OCH3 is 2. The Morgan fingerprint density at radius 2 is 1.54 bits per heavy atom. The Kier molecular flexibility index (Phi) is 6.62. The second-order valence-electron chi connectivity index (χ2n) is 9.81. The van der Waals surface area contributed by atoms with Gasteiger partial charge < -0.3 is 19.5 Å². The van der Waals surface area contributed by atoms with Crippen LogP contribution in [0.3, 0.4) is 0 Å². The topological polar surface area (TPSA) is 113 Å². The monoisotopic (exact) mass is 506 g/mol. The van der Waals surface area contributed by atoms with E-state index < -0.39 is 35.7 Å². The first-order chi connectivity index (χ1) is 17.8. The first-order valence-corrected chi connectivity index (χ1v) is 12.6. The molecular formula is C28H30N2O7. The summed E-state index contributed by atoms with van der Waals surface area (Å²) in [4.78, 5) is 55.2. The van der Waals surface area contributed by atoms with E-state index in [9.17, 15) is 24.3 Å². The van der Waals surface area contributed by atoms with E-state index >= 15 is 0 Å². The van der Waals surface area contributed by atoms with Gasteiger partial charge in [0, 0.05) is 6.54 Å². The average Bonchev–Trinajstić information content (AvgIpc) is 3.16. The number of carboxylic acid groups (broad SMARTS) is 1. The van der Waals surface area contributed by atoms with Gasteiger partial charge in [0.05, 0.1) is 49.8 Å². The molecule has 1 saturated carbocycles. The van der Waals surface area contributed by atoms with Crippen molar-refractivity contribution in [2.45, 2.75) is 38.1 Å². The van der Waals surface area contributed by atoms with E-state index in [4.69, 9.17) is 9.47 Å². The van der Waals surface area contributed by atoms with Crippen LogP contribution in [0.2, 0.25) is 0 Å². The van der Waals surface area contributed by atoms with Gasteiger partial charge >= 0.3 is 5.97 Å². The molecule has 0 spiro atoms. The largest absolute Gasteiger partial charge is 0.493 e. The molecule has 3 aliphatic rings. The summed E-state index contributed by atoms with van der Waals surface area (Å²) in [5.74, 6) is -2.36. The number of hydrogen-bond donors (Lipinski definition) is 1. The summed E-state index contributed by atoms with van der Waals surface area (Å²) in [7, 11) is 3.07.